The lowest BCUT2D eigenvalue weighted by atomic mass is 9.95. The Morgan fingerprint density at radius 1 is 1.00 bits per heavy atom. The van der Waals surface area contributed by atoms with E-state index >= 15 is 0 Å². The van der Waals surface area contributed by atoms with Crippen LogP contribution in [-0.4, -0.2) is 28.8 Å². The van der Waals surface area contributed by atoms with Crippen LogP contribution in [0, 0.1) is 3.57 Å². The molecule has 1 amide bonds. The Kier molecular flexibility index (Phi) is 6.08. The number of Topliss-reactive ketones (excluding diaryl/α,β-unsaturated/α-hetero) is 1. The molecule has 0 spiro atoms. The van der Waals surface area contributed by atoms with Crippen molar-refractivity contribution in [3.8, 4) is 5.75 Å². The van der Waals surface area contributed by atoms with Gasteiger partial charge < -0.3 is 14.7 Å². The number of aliphatic hydroxyl groups excluding tert-OH is 1. The second kappa shape index (κ2) is 8.93. The van der Waals surface area contributed by atoms with Gasteiger partial charge >= 0.3 is 0 Å². The van der Waals surface area contributed by atoms with Crippen molar-refractivity contribution in [2.45, 2.75) is 12.6 Å². The van der Waals surface area contributed by atoms with Gasteiger partial charge in [-0.2, -0.15) is 0 Å². The average Bonchev–Trinajstić information content (AvgIpc) is 3.05. The number of ether oxygens (including phenoxy) is 1. The monoisotopic (exact) mass is 525 g/mol. The summed E-state index contributed by atoms with van der Waals surface area (Å²) in [6.45, 7) is 0.261. The largest absolute Gasteiger partial charge is 0.507 e. The number of ketones is 1. The highest BCUT2D eigenvalue weighted by atomic mass is 127. The maximum Gasteiger partial charge on any atom is 0.295 e. The van der Waals surface area contributed by atoms with Crippen LogP contribution in [0.1, 0.15) is 22.7 Å². The van der Waals surface area contributed by atoms with E-state index in [4.69, 9.17) is 4.74 Å². The highest BCUT2D eigenvalue weighted by molar-refractivity contribution is 14.1. The number of amides is 1. The fourth-order valence-electron chi connectivity index (χ4n) is 3.74. The lowest BCUT2D eigenvalue weighted by molar-refractivity contribution is -0.140. The maximum absolute atomic E-state index is 13.1. The van der Waals surface area contributed by atoms with Gasteiger partial charge in [0.15, 0.2) is 0 Å². The summed E-state index contributed by atoms with van der Waals surface area (Å²) in [6, 6.07) is 23.2. The van der Waals surface area contributed by atoms with E-state index in [0.29, 0.717) is 11.3 Å². The number of benzene rings is 3. The van der Waals surface area contributed by atoms with E-state index in [0.717, 1.165) is 14.7 Å². The third kappa shape index (κ3) is 4.20. The van der Waals surface area contributed by atoms with Crippen LogP contribution in [0.5, 0.6) is 5.75 Å². The first-order chi connectivity index (χ1) is 15.0. The molecular weight excluding hydrogens is 505 g/mol. The van der Waals surface area contributed by atoms with E-state index < -0.39 is 17.7 Å². The van der Waals surface area contributed by atoms with Crippen molar-refractivity contribution in [3.63, 3.8) is 0 Å². The standard InChI is InChI=1S/C25H20INO4/c1-31-20-9-5-8-18(14-20)23(28)21-22(17-10-12-19(26)13-11-17)27(25(30)24(21)29)15-16-6-3-2-4-7-16/h2-14,22,28H,15H2,1H3. The molecule has 1 N–H and O–H groups in total. The number of nitrogens with zero attached hydrogens (tertiary/aromatic N) is 1. The number of carbonyl (C=O) groups excluding carboxylic acids is 2. The topological polar surface area (TPSA) is 66.8 Å². The minimum Gasteiger partial charge on any atom is -0.507 e. The van der Waals surface area contributed by atoms with Crippen molar-refractivity contribution in [3.05, 3.63) is 105 Å². The average molecular weight is 525 g/mol. The van der Waals surface area contributed by atoms with Crippen LogP contribution in [0.3, 0.4) is 0 Å². The molecule has 0 aromatic heterocycles. The fraction of sp³-hybridized carbons (Fsp3) is 0.120. The summed E-state index contributed by atoms with van der Waals surface area (Å²) in [7, 11) is 1.53. The SMILES string of the molecule is COc1cccc(C(O)=C2C(=O)C(=O)N(Cc3ccccc3)C2c2ccc(I)cc2)c1. The third-order valence-electron chi connectivity index (χ3n) is 5.26. The van der Waals surface area contributed by atoms with Crippen molar-refractivity contribution >= 4 is 40.0 Å². The van der Waals surface area contributed by atoms with Gasteiger partial charge in [0.1, 0.15) is 11.5 Å². The number of carbonyl (C=O) groups is 2. The Hall–Kier alpha value is -3.13. The number of hydrogen-bond acceptors (Lipinski definition) is 4. The first-order valence-electron chi connectivity index (χ1n) is 9.72. The van der Waals surface area contributed by atoms with Crippen LogP contribution in [0.4, 0.5) is 0 Å². The molecule has 6 heteroatoms. The number of likely N-dealkylation sites (tertiary alicyclic amines) is 1. The molecule has 1 unspecified atom stereocenters. The van der Waals surface area contributed by atoms with E-state index in [2.05, 4.69) is 22.6 Å². The molecule has 0 aliphatic carbocycles. The van der Waals surface area contributed by atoms with Gasteiger partial charge in [-0.15, -0.1) is 0 Å². The minimum atomic E-state index is -0.695. The minimum absolute atomic E-state index is 0.0791. The summed E-state index contributed by atoms with van der Waals surface area (Å²) < 4.78 is 6.28. The van der Waals surface area contributed by atoms with Crippen molar-refractivity contribution in [2.75, 3.05) is 7.11 Å². The molecule has 1 saturated heterocycles. The zero-order valence-corrected chi connectivity index (χ0v) is 18.9. The molecule has 1 fully saturated rings. The molecule has 1 atom stereocenters. The number of rotatable bonds is 5. The Bertz CT molecular complexity index is 1160. The van der Waals surface area contributed by atoms with Crippen molar-refractivity contribution < 1.29 is 19.4 Å². The summed E-state index contributed by atoms with van der Waals surface area (Å²) >= 11 is 2.20. The first-order valence-corrected chi connectivity index (χ1v) is 10.8. The van der Waals surface area contributed by atoms with Crippen LogP contribution in [0.15, 0.2) is 84.4 Å². The molecule has 4 rings (SSSR count). The summed E-state index contributed by atoms with van der Waals surface area (Å²) in [5, 5.41) is 11.1. The Balaban J connectivity index is 1.86. The smallest absolute Gasteiger partial charge is 0.295 e. The van der Waals surface area contributed by atoms with Gasteiger partial charge in [-0.25, -0.2) is 0 Å². The summed E-state index contributed by atoms with van der Waals surface area (Å²) in [6.07, 6.45) is 0. The van der Waals surface area contributed by atoms with Gasteiger partial charge in [0.2, 0.25) is 0 Å². The predicted octanol–water partition coefficient (Wildman–Crippen LogP) is 4.92. The molecule has 5 nitrogen and oxygen atoms in total. The molecule has 1 aliphatic rings. The fourth-order valence-corrected chi connectivity index (χ4v) is 4.10. The molecule has 1 heterocycles. The second-order valence-electron chi connectivity index (χ2n) is 7.20. The third-order valence-corrected chi connectivity index (χ3v) is 5.98. The van der Waals surface area contributed by atoms with Gasteiger partial charge in [0.25, 0.3) is 11.7 Å². The second-order valence-corrected chi connectivity index (χ2v) is 8.44. The lowest BCUT2D eigenvalue weighted by Crippen LogP contribution is -2.29. The number of methoxy groups -OCH3 is 1. The highest BCUT2D eigenvalue weighted by Crippen LogP contribution is 2.40. The molecule has 0 radical (unpaired) electrons. The quantitative estimate of drug-likeness (QED) is 0.222. The molecular formula is C25H20INO4. The molecule has 1 aliphatic heterocycles. The molecule has 3 aromatic rings. The molecule has 3 aromatic carbocycles. The Morgan fingerprint density at radius 3 is 2.39 bits per heavy atom. The van der Waals surface area contributed by atoms with E-state index in [-0.39, 0.29) is 17.9 Å². The van der Waals surface area contributed by atoms with Gasteiger partial charge in [-0.3, -0.25) is 9.59 Å². The summed E-state index contributed by atoms with van der Waals surface area (Å²) in [5.74, 6) is -0.985. The molecule has 0 saturated carbocycles. The number of halogens is 1. The van der Waals surface area contributed by atoms with E-state index in [1.807, 2.05) is 54.6 Å². The van der Waals surface area contributed by atoms with Crippen molar-refractivity contribution in [1.82, 2.24) is 4.90 Å². The predicted molar refractivity (Wildman–Crippen MR) is 126 cm³/mol. The van der Waals surface area contributed by atoms with Crippen LogP contribution >= 0.6 is 22.6 Å². The van der Waals surface area contributed by atoms with Crippen molar-refractivity contribution in [2.24, 2.45) is 0 Å². The Labute approximate surface area is 194 Å². The molecule has 156 valence electrons. The zero-order valence-electron chi connectivity index (χ0n) is 16.8. The summed E-state index contributed by atoms with van der Waals surface area (Å²) in [5.41, 5.74) is 2.17. The highest BCUT2D eigenvalue weighted by Gasteiger charge is 2.46. The van der Waals surface area contributed by atoms with E-state index in [1.165, 1.54) is 12.0 Å². The van der Waals surface area contributed by atoms with Crippen LogP contribution in [-0.2, 0) is 16.1 Å². The molecule has 31 heavy (non-hydrogen) atoms. The van der Waals surface area contributed by atoms with Gasteiger partial charge in [-0.1, -0.05) is 54.6 Å². The van der Waals surface area contributed by atoms with Gasteiger partial charge in [0.05, 0.1) is 18.7 Å². The Morgan fingerprint density at radius 2 is 1.71 bits per heavy atom. The van der Waals surface area contributed by atoms with E-state index in [1.54, 1.807) is 24.3 Å². The molecule has 0 bridgehead atoms. The lowest BCUT2D eigenvalue weighted by Gasteiger charge is -2.25. The van der Waals surface area contributed by atoms with Gasteiger partial charge in [0, 0.05) is 15.7 Å². The van der Waals surface area contributed by atoms with Gasteiger partial charge in [-0.05, 0) is 58.0 Å². The first kappa shape index (κ1) is 21.1. The van der Waals surface area contributed by atoms with Crippen LogP contribution < -0.4 is 4.74 Å². The normalized spacial score (nSPS) is 17.7. The summed E-state index contributed by atoms with van der Waals surface area (Å²) in [4.78, 5) is 27.6. The van der Waals surface area contributed by atoms with Crippen LogP contribution in [0.2, 0.25) is 0 Å². The maximum atomic E-state index is 13.1. The van der Waals surface area contributed by atoms with E-state index in [9.17, 15) is 14.7 Å². The number of hydrogen-bond donors (Lipinski definition) is 1. The zero-order chi connectivity index (χ0) is 22.0. The van der Waals surface area contributed by atoms with Crippen molar-refractivity contribution in [1.29, 1.82) is 0 Å². The number of aliphatic hydroxyl groups is 1. The van der Waals surface area contributed by atoms with Crippen LogP contribution in [0.25, 0.3) is 5.76 Å².